The number of rotatable bonds is 6. The van der Waals surface area contributed by atoms with Crippen LogP contribution in [0, 0.1) is 18.3 Å². The van der Waals surface area contributed by atoms with Crippen LogP contribution >= 0.6 is 11.8 Å². The quantitative estimate of drug-likeness (QED) is 0.471. The molecule has 5 heteroatoms. The molecule has 0 heterocycles. The lowest BCUT2D eigenvalue weighted by atomic mass is 10.1. The van der Waals surface area contributed by atoms with E-state index in [-0.39, 0.29) is 0 Å². The van der Waals surface area contributed by atoms with Crippen molar-refractivity contribution in [1.82, 2.24) is 10.6 Å². The molecule has 2 rings (SSSR count). The van der Waals surface area contributed by atoms with Crippen LogP contribution in [0.5, 0.6) is 0 Å². The molecule has 130 valence electrons. The standard InChI is InChI=1S/C20H24N4S/c1-4-22-20(23-13-17-7-5-6-16(11-17)12-21)24-14-18-9-8-15(2)10-19(18)25-3/h5-11H,4,13-14H2,1-3H3,(H2,22,23,24). The third kappa shape index (κ3) is 5.84. The minimum Gasteiger partial charge on any atom is -0.357 e. The fourth-order valence-corrected chi connectivity index (χ4v) is 3.13. The normalized spacial score (nSPS) is 11.0. The number of benzene rings is 2. The fourth-order valence-electron chi connectivity index (χ4n) is 2.43. The molecule has 25 heavy (non-hydrogen) atoms. The SMILES string of the molecule is CCNC(=NCc1cccc(C#N)c1)NCc1ccc(C)cc1SC. The highest BCUT2D eigenvalue weighted by Gasteiger charge is 2.04. The molecule has 0 unspecified atom stereocenters. The molecule has 0 saturated heterocycles. The van der Waals surface area contributed by atoms with Gasteiger partial charge in [-0.1, -0.05) is 24.3 Å². The number of hydrogen-bond donors (Lipinski definition) is 2. The molecule has 4 nitrogen and oxygen atoms in total. The Morgan fingerprint density at radius 1 is 1.20 bits per heavy atom. The van der Waals surface area contributed by atoms with Gasteiger partial charge in [-0.3, -0.25) is 0 Å². The van der Waals surface area contributed by atoms with Gasteiger partial charge in [0.2, 0.25) is 0 Å². The summed E-state index contributed by atoms with van der Waals surface area (Å²) in [6.07, 6.45) is 2.10. The predicted molar refractivity (Wildman–Crippen MR) is 106 cm³/mol. The van der Waals surface area contributed by atoms with E-state index in [2.05, 4.69) is 53.1 Å². The largest absolute Gasteiger partial charge is 0.357 e. The van der Waals surface area contributed by atoms with Crippen LogP contribution in [0.3, 0.4) is 0 Å². The van der Waals surface area contributed by atoms with Crippen LogP contribution < -0.4 is 10.6 Å². The van der Waals surface area contributed by atoms with Crippen LogP contribution in [0.1, 0.15) is 29.2 Å². The molecule has 0 radical (unpaired) electrons. The zero-order valence-corrected chi connectivity index (χ0v) is 15.8. The average molecular weight is 353 g/mol. The maximum absolute atomic E-state index is 8.99. The minimum atomic E-state index is 0.536. The molecule has 0 spiro atoms. The molecule has 2 aromatic rings. The Hall–Kier alpha value is -2.45. The third-order valence-corrected chi connectivity index (χ3v) is 4.53. The lowest BCUT2D eigenvalue weighted by molar-refractivity contribution is 0.807. The summed E-state index contributed by atoms with van der Waals surface area (Å²) in [4.78, 5) is 5.91. The van der Waals surface area contributed by atoms with E-state index < -0.39 is 0 Å². The van der Waals surface area contributed by atoms with Crippen LogP contribution in [0.15, 0.2) is 52.4 Å². The van der Waals surface area contributed by atoms with Crippen LogP contribution in [0.2, 0.25) is 0 Å². The molecule has 0 aromatic heterocycles. The summed E-state index contributed by atoms with van der Waals surface area (Å²) in [6.45, 7) is 6.21. The van der Waals surface area contributed by atoms with Crippen molar-refractivity contribution in [3.8, 4) is 6.07 Å². The Bertz CT molecular complexity index is 778. The summed E-state index contributed by atoms with van der Waals surface area (Å²) in [7, 11) is 0. The summed E-state index contributed by atoms with van der Waals surface area (Å²) >= 11 is 1.76. The molecular formula is C20H24N4S. The second-order valence-corrected chi connectivity index (χ2v) is 6.52. The van der Waals surface area contributed by atoms with Crippen molar-refractivity contribution in [2.75, 3.05) is 12.8 Å². The van der Waals surface area contributed by atoms with Crippen LogP contribution in [-0.2, 0) is 13.1 Å². The van der Waals surface area contributed by atoms with E-state index in [0.717, 1.165) is 24.6 Å². The van der Waals surface area contributed by atoms with Crippen LogP contribution in [-0.4, -0.2) is 18.8 Å². The van der Waals surface area contributed by atoms with Gasteiger partial charge in [0.15, 0.2) is 5.96 Å². The average Bonchev–Trinajstić information content (AvgIpc) is 2.64. The number of thioether (sulfide) groups is 1. The van der Waals surface area contributed by atoms with E-state index in [1.54, 1.807) is 17.8 Å². The smallest absolute Gasteiger partial charge is 0.191 e. The number of aryl methyl sites for hydroxylation is 1. The molecule has 0 saturated carbocycles. The van der Waals surface area contributed by atoms with Gasteiger partial charge < -0.3 is 10.6 Å². The highest BCUT2D eigenvalue weighted by molar-refractivity contribution is 7.98. The summed E-state index contributed by atoms with van der Waals surface area (Å²) < 4.78 is 0. The highest BCUT2D eigenvalue weighted by Crippen LogP contribution is 2.21. The predicted octanol–water partition coefficient (Wildman–Crippen LogP) is 3.84. The van der Waals surface area contributed by atoms with Crippen molar-refractivity contribution in [3.63, 3.8) is 0 Å². The van der Waals surface area contributed by atoms with Crippen molar-refractivity contribution >= 4 is 17.7 Å². The molecular weight excluding hydrogens is 328 g/mol. The van der Waals surface area contributed by atoms with Crippen LogP contribution in [0.4, 0.5) is 0 Å². The number of nitrogens with one attached hydrogen (secondary N) is 2. The number of nitrogens with zero attached hydrogens (tertiary/aromatic N) is 2. The Kier molecular flexibility index (Phi) is 7.36. The summed E-state index contributed by atoms with van der Waals surface area (Å²) in [5.41, 5.74) is 4.22. The van der Waals surface area contributed by atoms with Crippen molar-refractivity contribution in [2.45, 2.75) is 31.8 Å². The van der Waals surface area contributed by atoms with Crippen molar-refractivity contribution in [2.24, 2.45) is 4.99 Å². The van der Waals surface area contributed by atoms with Gasteiger partial charge in [-0.15, -0.1) is 11.8 Å². The molecule has 0 aliphatic rings. The van der Waals surface area contributed by atoms with Gasteiger partial charge >= 0.3 is 0 Å². The number of aliphatic imine (C=N–C) groups is 1. The van der Waals surface area contributed by atoms with E-state index in [9.17, 15) is 0 Å². The zero-order valence-electron chi connectivity index (χ0n) is 15.0. The van der Waals surface area contributed by atoms with Gasteiger partial charge in [0.25, 0.3) is 0 Å². The number of guanidine groups is 1. The highest BCUT2D eigenvalue weighted by atomic mass is 32.2. The van der Waals surface area contributed by atoms with Gasteiger partial charge in [-0.2, -0.15) is 5.26 Å². The molecule has 0 bridgehead atoms. The van der Waals surface area contributed by atoms with Gasteiger partial charge in [0.05, 0.1) is 18.2 Å². The maximum Gasteiger partial charge on any atom is 0.191 e. The molecule has 2 aromatic carbocycles. The monoisotopic (exact) mass is 352 g/mol. The second-order valence-electron chi connectivity index (χ2n) is 5.68. The first-order valence-electron chi connectivity index (χ1n) is 8.31. The van der Waals surface area contributed by atoms with Gasteiger partial charge in [-0.25, -0.2) is 4.99 Å². The Balaban J connectivity index is 2.06. The minimum absolute atomic E-state index is 0.536. The zero-order chi connectivity index (χ0) is 18.1. The first kappa shape index (κ1) is 18.9. The van der Waals surface area contributed by atoms with Gasteiger partial charge in [-0.05, 0) is 55.0 Å². The Labute approximate surface area is 154 Å². The van der Waals surface area contributed by atoms with E-state index in [4.69, 9.17) is 5.26 Å². The summed E-state index contributed by atoms with van der Waals surface area (Å²) in [5, 5.41) is 15.6. The van der Waals surface area contributed by atoms with Gasteiger partial charge in [0, 0.05) is 18.0 Å². The van der Waals surface area contributed by atoms with Crippen LogP contribution in [0.25, 0.3) is 0 Å². The number of nitriles is 1. The van der Waals surface area contributed by atoms with Crippen molar-refractivity contribution in [1.29, 1.82) is 5.26 Å². The first-order valence-corrected chi connectivity index (χ1v) is 9.53. The van der Waals surface area contributed by atoms with E-state index in [1.165, 1.54) is 16.0 Å². The number of hydrogen-bond acceptors (Lipinski definition) is 3. The molecule has 0 atom stereocenters. The summed E-state index contributed by atoms with van der Waals surface area (Å²) in [6, 6.07) is 16.2. The van der Waals surface area contributed by atoms with Crippen molar-refractivity contribution < 1.29 is 0 Å². The van der Waals surface area contributed by atoms with E-state index >= 15 is 0 Å². The lowest BCUT2D eigenvalue weighted by Crippen LogP contribution is -2.36. The molecule has 0 aliphatic carbocycles. The lowest BCUT2D eigenvalue weighted by Gasteiger charge is -2.14. The molecule has 2 N–H and O–H groups in total. The fraction of sp³-hybridized carbons (Fsp3) is 0.300. The third-order valence-electron chi connectivity index (χ3n) is 3.71. The summed E-state index contributed by atoms with van der Waals surface area (Å²) in [5.74, 6) is 0.775. The van der Waals surface area contributed by atoms with E-state index in [0.29, 0.717) is 12.1 Å². The second kappa shape index (κ2) is 9.75. The Morgan fingerprint density at radius 3 is 2.76 bits per heavy atom. The Morgan fingerprint density at radius 2 is 2.04 bits per heavy atom. The molecule has 0 fully saturated rings. The maximum atomic E-state index is 8.99. The van der Waals surface area contributed by atoms with E-state index in [1.807, 2.05) is 25.1 Å². The topological polar surface area (TPSA) is 60.2 Å². The van der Waals surface area contributed by atoms with Gasteiger partial charge in [0.1, 0.15) is 0 Å². The molecule has 0 amide bonds. The van der Waals surface area contributed by atoms with Crippen molar-refractivity contribution in [3.05, 3.63) is 64.7 Å². The molecule has 0 aliphatic heterocycles. The first-order chi connectivity index (χ1) is 12.2.